The molecule has 0 saturated carbocycles. The summed E-state index contributed by atoms with van der Waals surface area (Å²) in [5, 5.41) is 5.82. The van der Waals surface area contributed by atoms with E-state index in [0.29, 0.717) is 22.1 Å². The zero-order valence-electron chi connectivity index (χ0n) is 8.31. The van der Waals surface area contributed by atoms with Crippen LogP contribution < -0.4 is 10.6 Å². The van der Waals surface area contributed by atoms with Crippen LogP contribution in [0.15, 0.2) is 6.07 Å². The summed E-state index contributed by atoms with van der Waals surface area (Å²) in [4.78, 5) is 15.5. The molecule has 1 amide bonds. The molecule has 0 aliphatic rings. The number of halogens is 1. The SMILES string of the molecule is CNC(=O)c1cc(Cl)c(NC)nc1C. The van der Waals surface area contributed by atoms with Crippen molar-refractivity contribution in [1.82, 2.24) is 10.3 Å². The molecule has 1 aromatic heterocycles. The van der Waals surface area contributed by atoms with Gasteiger partial charge in [-0.1, -0.05) is 11.6 Å². The van der Waals surface area contributed by atoms with E-state index in [9.17, 15) is 4.79 Å². The molecule has 0 fully saturated rings. The normalized spacial score (nSPS) is 9.71. The maximum absolute atomic E-state index is 11.4. The van der Waals surface area contributed by atoms with E-state index < -0.39 is 0 Å². The highest BCUT2D eigenvalue weighted by atomic mass is 35.5. The first kappa shape index (κ1) is 10.8. The second-order valence-electron chi connectivity index (χ2n) is 2.78. The molecule has 1 aromatic rings. The van der Waals surface area contributed by atoms with E-state index in [4.69, 9.17) is 11.6 Å². The number of hydrogen-bond donors (Lipinski definition) is 2. The van der Waals surface area contributed by atoms with Gasteiger partial charge in [0, 0.05) is 14.1 Å². The zero-order valence-corrected chi connectivity index (χ0v) is 9.07. The van der Waals surface area contributed by atoms with Crippen LogP contribution in [0.5, 0.6) is 0 Å². The first-order valence-electron chi connectivity index (χ1n) is 4.17. The standard InChI is InChI=1S/C9H12ClN3O/c1-5-6(9(14)12-3)4-7(10)8(11-2)13-5/h4H,1-3H3,(H,11,13)(H,12,14). The summed E-state index contributed by atoms with van der Waals surface area (Å²) in [5.74, 6) is 0.399. The summed E-state index contributed by atoms with van der Waals surface area (Å²) < 4.78 is 0. The van der Waals surface area contributed by atoms with Gasteiger partial charge in [-0.3, -0.25) is 4.79 Å². The first-order chi connectivity index (χ1) is 6.60. The van der Waals surface area contributed by atoms with Crippen molar-refractivity contribution in [1.29, 1.82) is 0 Å². The smallest absolute Gasteiger partial charge is 0.252 e. The van der Waals surface area contributed by atoms with Gasteiger partial charge in [0.1, 0.15) is 5.82 Å². The fourth-order valence-electron chi connectivity index (χ4n) is 1.12. The van der Waals surface area contributed by atoms with Crippen LogP contribution in [0.3, 0.4) is 0 Å². The monoisotopic (exact) mass is 213 g/mol. The molecule has 14 heavy (non-hydrogen) atoms. The summed E-state index contributed by atoms with van der Waals surface area (Å²) in [7, 11) is 3.30. The number of nitrogens with zero attached hydrogens (tertiary/aromatic N) is 1. The molecule has 1 heterocycles. The van der Waals surface area contributed by atoms with Crippen molar-refractivity contribution < 1.29 is 4.79 Å². The fourth-order valence-corrected chi connectivity index (χ4v) is 1.37. The van der Waals surface area contributed by atoms with Gasteiger partial charge in [-0.15, -0.1) is 0 Å². The molecular formula is C9H12ClN3O. The van der Waals surface area contributed by atoms with Gasteiger partial charge in [-0.05, 0) is 13.0 Å². The molecular weight excluding hydrogens is 202 g/mol. The Kier molecular flexibility index (Phi) is 3.30. The second-order valence-corrected chi connectivity index (χ2v) is 3.19. The van der Waals surface area contributed by atoms with Crippen LogP contribution in [0.1, 0.15) is 16.1 Å². The molecule has 0 atom stereocenters. The van der Waals surface area contributed by atoms with Gasteiger partial charge in [0.05, 0.1) is 16.3 Å². The topological polar surface area (TPSA) is 54.0 Å². The maximum Gasteiger partial charge on any atom is 0.252 e. The predicted octanol–water partition coefficient (Wildman–Crippen LogP) is 1.44. The molecule has 0 radical (unpaired) electrons. The quantitative estimate of drug-likeness (QED) is 0.782. The maximum atomic E-state index is 11.4. The fraction of sp³-hybridized carbons (Fsp3) is 0.333. The molecule has 0 bridgehead atoms. The van der Waals surface area contributed by atoms with Gasteiger partial charge in [0.15, 0.2) is 0 Å². The lowest BCUT2D eigenvalue weighted by Crippen LogP contribution is -2.19. The number of aryl methyl sites for hydroxylation is 1. The molecule has 5 heteroatoms. The average molecular weight is 214 g/mol. The van der Waals surface area contributed by atoms with E-state index in [1.807, 2.05) is 0 Å². The molecule has 76 valence electrons. The number of nitrogens with one attached hydrogen (secondary N) is 2. The van der Waals surface area contributed by atoms with Crippen molar-refractivity contribution in [2.75, 3.05) is 19.4 Å². The van der Waals surface area contributed by atoms with Gasteiger partial charge in [0.2, 0.25) is 0 Å². The zero-order chi connectivity index (χ0) is 10.7. The molecule has 0 saturated heterocycles. The minimum atomic E-state index is -0.181. The van der Waals surface area contributed by atoms with Gasteiger partial charge < -0.3 is 10.6 Å². The number of carbonyl (C=O) groups is 1. The number of anilines is 1. The Morgan fingerprint density at radius 2 is 2.14 bits per heavy atom. The van der Waals surface area contributed by atoms with E-state index >= 15 is 0 Å². The number of hydrogen-bond acceptors (Lipinski definition) is 3. The highest BCUT2D eigenvalue weighted by molar-refractivity contribution is 6.33. The third-order valence-corrected chi connectivity index (χ3v) is 2.16. The summed E-state index contributed by atoms with van der Waals surface area (Å²) in [6, 6.07) is 1.61. The van der Waals surface area contributed by atoms with Crippen LogP contribution in [0.2, 0.25) is 5.02 Å². The Morgan fingerprint density at radius 1 is 1.50 bits per heavy atom. The van der Waals surface area contributed by atoms with Crippen LogP contribution in [-0.4, -0.2) is 25.0 Å². The highest BCUT2D eigenvalue weighted by Gasteiger charge is 2.11. The Balaban J connectivity index is 3.21. The van der Waals surface area contributed by atoms with Crippen molar-refractivity contribution in [3.8, 4) is 0 Å². The van der Waals surface area contributed by atoms with Crippen molar-refractivity contribution in [2.45, 2.75) is 6.92 Å². The molecule has 4 nitrogen and oxygen atoms in total. The van der Waals surface area contributed by atoms with E-state index in [1.165, 1.54) is 0 Å². The molecule has 0 spiro atoms. The summed E-state index contributed by atoms with van der Waals surface area (Å²) in [6.45, 7) is 1.77. The largest absolute Gasteiger partial charge is 0.372 e. The van der Waals surface area contributed by atoms with Crippen molar-refractivity contribution in [2.24, 2.45) is 0 Å². The van der Waals surface area contributed by atoms with E-state index in [0.717, 1.165) is 0 Å². The minimum absolute atomic E-state index is 0.181. The molecule has 2 N–H and O–H groups in total. The van der Waals surface area contributed by atoms with Gasteiger partial charge in [0.25, 0.3) is 5.91 Å². The molecule has 1 rings (SSSR count). The van der Waals surface area contributed by atoms with E-state index in [-0.39, 0.29) is 5.91 Å². The molecule has 0 aromatic carbocycles. The third kappa shape index (κ3) is 1.96. The van der Waals surface area contributed by atoms with Gasteiger partial charge >= 0.3 is 0 Å². The van der Waals surface area contributed by atoms with Crippen molar-refractivity contribution in [3.05, 3.63) is 22.3 Å². The Labute approximate surface area is 87.7 Å². The average Bonchev–Trinajstić information content (AvgIpc) is 2.19. The van der Waals surface area contributed by atoms with Crippen molar-refractivity contribution >= 4 is 23.3 Å². The van der Waals surface area contributed by atoms with Gasteiger partial charge in [-0.25, -0.2) is 4.98 Å². The van der Waals surface area contributed by atoms with Gasteiger partial charge in [-0.2, -0.15) is 0 Å². The van der Waals surface area contributed by atoms with Crippen LogP contribution in [0, 0.1) is 6.92 Å². The molecule has 0 aliphatic carbocycles. The third-order valence-electron chi connectivity index (χ3n) is 1.88. The number of carbonyl (C=O) groups excluding carboxylic acids is 1. The highest BCUT2D eigenvalue weighted by Crippen LogP contribution is 2.21. The van der Waals surface area contributed by atoms with Crippen LogP contribution in [0.25, 0.3) is 0 Å². The predicted molar refractivity (Wildman–Crippen MR) is 56.9 cm³/mol. The van der Waals surface area contributed by atoms with E-state index in [2.05, 4.69) is 15.6 Å². The summed E-state index contributed by atoms with van der Waals surface area (Å²) >= 11 is 5.90. The summed E-state index contributed by atoms with van der Waals surface area (Å²) in [5.41, 5.74) is 1.15. The number of rotatable bonds is 2. The Morgan fingerprint density at radius 3 is 2.64 bits per heavy atom. The van der Waals surface area contributed by atoms with Crippen LogP contribution in [-0.2, 0) is 0 Å². The summed E-state index contributed by atoms with van der Waals surface area (Å²) in [6.07, 6.45) is 0. The Bertz CT molecular complexity index is 365. The number of pyridine rings is 1. The Hall–Kier alpha value is -1.29. The van der Waals surface area contributed by atoms with E-state index in [1.54, 1.807) is 27.1 Å². The number of amides is 1. The lowest BCUT2D eigenvalue weighted by atomic mass is 10.2. The minimum Gasteiger partial charge on any atom is -0.372 e. The number of aromatic nitrogens is 1. The molecule has 0 unspecified atom stereocenters. The lowest BCUT2D eigenvalue weighted by Gasteiger charge is -2.08. The molecule has 0 aliphatic heterocycles. The second kappa shape index (κ2) is 4.28. The van der Waals surface area contributed by atoms with Crippen LogP contribution >= 0.6 is 11.6 Å². The van der Waals surface area contributed by atoms with Crippen molar-refractivity contribution in [3.63, 3.8) is 0 Å². The lowest BCUT2D eigenvalue weighted by molar-refractivity contribution is 0.0962. The first-order valence-corrected chi connectivity index (χ1v) is 4.55. The van der Waals surface area contributed by atoms with Crippen LogP contribution in [0.4, 0.5) is 5.82 Å².